The van der Waals surface area contributed by atoms with Gasteiger partial charge in [0.05, 0.1) is 16.8 Å². The van der Waals surface area contributed by atoms with Crippen molar-refractivity contribution < 1.29 is 9.53 Å². The summed E-state index contributed by atoms with van der Waals surface area (Å²) >= 11 is 5.96. The molecule has 1 N–H and O–H groups in total. The first kappa shape index (κ1) is 11.5. The molecule has 0 aliphatic rings. The van der Waals surface area contributed by atoms with Crippen LogP contribution in [0, 0.1) is 0 Å². The number of halogens is 1. The number of ether oxygens (including phenoxy) is 1. The minimum Gasteiger partial charge on any atom is -0.408 e. The second-order valence-corrected chi connectivity index (χ2v) is 3.75. The van der Waals surface area contributed by atoms with E-state index in [4.69, 9.17) is 16.3 Å². The van der Waals surface area contributed by atoms with Crippen LogP contribution < -0.4 is 10.3 Å². The number of carbonyl (C=O) groups excluding carboxylic acids is 1. The zero-order chi connectivity index (χ0) is 12.4. The Kier molecular flexibility index (Phi) is 3.01. The smallest absolute Gasteiger partial charge is 0.309 e. The quantitative estimate of drug-likeness (QED) is 0.828. The second-order valence-electron chi connectivity index (χ2n) is 3.34. The number of hydrogen-bond acceptors (Lipinski definition) is 3. The van der Waals surface area contributed by atoms with Crippen LogP contribution >= 0.6 is 11.6 Å². The van der Waals surface area contributed by atoms with Crippen LogP contribution in [-0.4, -0.2) is 15.7 Å². The lowest BCUT2D eigenvalue weighted by molar-refractivity contribution is -0.132. The molecule has 88 valence electrons. The Morgan fingerprint density at radius 2 is 2.12 bits per heavy atom. The zero-order valence-corrected chi connectivity index (χ0v) is 9.69. The molecule has 17 heavy (non-hydrogen) atoms. The molecule has 0 spiro atoms. The highest BCUT2D eigenvalue weighted by Gasteiger charge is 2.09. The van der Waals surface area contributed by atoms with Crippen LogP contribution in [0.1, 0.15) is 6.92 Å². The first-order valence-corrected chi connectivity index (χ1v) is 5.21. The molecule has 5 nitrogen and oxygen atoms in total. The van der Waals surface area contributed by atoms with Crippen molar-refractivity contribution in [1.82, 2.24) is 9.78 Å². The average molecular weight is 253 g/mol. The van der Waals surface area contributed by atoms with Gasteiger partial charge in [0, 0.05) is 6.92 Å². The van der Waals surface area contributed by atoms with Crippen LogP contribution in [0.5, 0.6) is 5.88 Å². The Morgan fingerprint density at radius 1 is 1.41 bits per heavy atom. The van der Waals surface area contributed by atoms with Gasteiger partial charge in [-0.1, -0.05) is 23.7 Å². The van der Waals surface area contributed by atoms with E-state index >= 15 is 0 Å². The van der Waals surface area contributed by atoms with E-state index < -0.39 is 5.97 Å². The van der Waals surface area contributed by atoms with E-state index in [1.54, 1.807) is 24.3 Å². The SMILES string of the molecule is CC(=O)Oc1cc(=O)n(-c2ccccc2Cl)[nH]1. The molecule has 0 unspecified atom stereocenters. The van der Waals surface area contributed by atoms with E-state index in [2.05, 4.69) is 5.10 Å². The molecule has 0 bridgehead atoms. The molecule has 2 rings (SSSR count). The predicted octanol–water partition coefficient (Wildman–Crippen LogP) is 1.74. The van der Waals surface area contributed by atoms with Crippen LogP contribution in [0.2, 0.25) is 5.02 Å². The van der Waals surface area contributed by atoms with Gasteiger partial charge < -0.3 is 4.74 Å². The highest BCUT2D eigenvalue weighted by molar-refractivity contribution is 6.32. The maximum Gasteiger partial charge on any atom is 0.309 e. The third-order valence-electron chi connectivity index (χ3n) is 2.04. The van der Waals surface area contributed by atoms with Gasteiger partial charge in [0.1, 0.15) is 0 Å². The predicted molar refractivity (Wildman–Crippen MR) is 62.7 cm³/mol. The molecule has 6 heteroatoms. The van der Waals surface area contributed by atoms with Crippen molar-refractivity contribution >= 4 is 17.6 Å². The summed E-state index contributed by atoms with van der Waals surface area (Å²) in [5.41, 5.74) is 0.145. The van der Waals surface area contributed by atoms with Crippen LogP contribution in [-0.2, 0) is 4.79 Å². The fraction of sp³-hybridized carbons (Fsp3) is 0.0909. The first-order chi connectivity index (χ1) is 8.08. The lowest BCUT2D eigenvalue weighted by atomic mass is 10.3. The normalized spacial score (nSPS) is 10.2. The minimum atomic E-state index is -0.502. The maximum absolute atomic E-state index is 11.7. The van der Waals surface area contributed by atoms with Gasteiger partial charge in [0.25, 0.3) is 5.56 Å². The molecular formula is C11H9ClN2O3. The van der Waals surface area contributed by atoms with Gasteiger partial charge in [-0.05, 0) is 12.1 Å². The van der Waals surface area contributed by atoms with Crippen molar-refractivity contribution in [3.63, 3.8) is 0 Å². The molecule has 0 saturated carbocycles. The summed E-state index contributed by atoms with van der Waals surface area (Å²) in [6.07, 6.45) is 0. The minimum absolute atomic E-state index is 0.0856. The van der Waals surface area contributed by atoms with Crippen LogP contribution in [0.3, 0.4) is 0 Å². The molecular weight excluding hydrogens is 244 g/mol. The number of benzene rings is 1. The van der Waals surface area contributed by atoms with Crippen molar-refractivity contribution in [2.45, 2.75) is 6.92 Å². The number of para-hydroxylation sites is 1. The topological polar surface area (TPSA) is 64.1 Å². The monoisotopic (exact) mass is 252 g/mol. The van der Waals surface area contributed by atoms with E-state index in [9.17, 15) is 9.59 Å². The Hall–Kier alpha value is -2.01. The average Bonchev–Trinajstić information content (AvgIpc) is 2.59. The summed E-state index contributed by atoms with van der Waals surface area (Å²) in [6, 6.07) is 8.03. The van der Waals surface area contributed by atoms with Crippen LogP contribution in [0.15, 0.2) is 35.1 Å². The fourth-order valence-corrected chi connectivity index (χ4v) is 1.61. The molecule has 1 aromatic carbocycles. The third kappa shape index (κ3) is 2.39. The number of rotatable bonds is 2. The first-order valence-electron chi connectivity index (χ1n) is 4.83. The van der Waals surface area contributed by atoms with Gasteiger partial charge in [-0.25, -0.2) is 4.68 Å². The van der Waals surface area contributed by atoms with Gasteiger partial charge in [-0.2, -0.15) is 0 Å². The molecule has 0 radical (unpaired) electrons. The summed E-state index contributed by atoms with van der Waals surface area (Å²) in [6.45, 7) is 1.26. The number of nitrogens with one attached hydrogen (secondary N) is 1. The summed E-state index contributed by atoms with van der Waals surface area (Å²) in [5, 5.41) is 3.07. The van der Waals surface area contributed by atoms with Gasteiger partial charge in [-0.3, -0.25) is 14.7 Å². The molecule has 0 atom stereocenters. The lowest BCUT2D eigenvalue weighted by Crippen LogP contribution is -2.13. The van der Waals surface area contributed by atoms with Gasteiger partial charge in [0.2, 0.25) is 5.88 Å². The molecule has 0 aliphatic heterocycles. The Bertz CT molecular complexity index is 615. The number of nitrogens with zero attached hydrogens (tertiary/aromatic N) is 1. The number of hydrogen-bond donors (Lipinski definition) is 1. The highest BCUT2D eigenvalue weighted by Crippen LogP contribution is 2.18. The van der Waals surface area contributed by atoms with Crippen molar-refractivity contribution in [2.75, 3.05) is 0 Å². The van der Waals surface area contributed by atoms with Crippen molar-refractivity contribution in [3.8, 4) is 11.6 Å². The Morgan fingerprint density at radius 3 is 2.76 bits per heavy atom. The van der Waals surface area contributed by atoms with Crippen LogP contribution in [0.4, 0.5) is 0 Å². The molecule has 2 aromatic rings. The molecule has 0 amide bonds. The number of H-pyrrole nitrogens is 1. The second kappa shape index (κ2) is 4.47. The number of aromatic amines is 1. The number of aromatic nitrogens is 2. The molecule has 0 fully saturated rings. The van der Waals surface area contributed by atoms with E-state index in [0.29, 0.717) is 10.7 Å². The van der Waals surface area contributed by atoms with Gasteiger partial charge >= 0.3 is 5.97 Å². The van der Waals surface area contributed by atoms with E-state index in [1.807, 2.05) is 0 Å². The fourth-order valence-electron chi connectivity index (χ4n) is 1.39. The summed E-state index contributed by atoms with van der Waals surface area (Å²) in [5.74, 6) is -0.417. The molecule has 1 heterocycles. The zero-order valence-electron chi connectivity index (χ0n) is 8.94. The van der Waals surface area contributed by atoms with Crippen molar-refractivity contribution in [2.24, 2.45) is 0 Å². The Labute approximate surface area is 102 Å². The van der Waals surface area contributed by atoms with Gasteiger partial charge in [0.15, 0.2) is 0 Å². The van der Waals surface area contributed by atoms with E-state index in [0.717, 1.165) is 0 Å². The highest BCUT2D eigenvalue weighted by atomic mass is 35.5. The van der Waals surface area contributed by atoms with Gasteiger partial charge in [-0.15, -0.1) is 0 Å². The van der Waals surface area contributed by atoms with Crippen molar-refractivity contribution in [3.05, 3.63) is 45.7 Å². The molecule has 0 aliphatic carbocycles. The summed E-state index contributed by atoms with van der Waals surface area (Å²) in [7, 11) is 0. The Balaban J connectivity index is 2.47. The van der Waals surface area contributed by atoms with E-state index in [-0.39, 0.29) is 11.4 Å². The standard InChI is InChI=1S/C11H9ClN2O3/c1-7(15)17-10-6-11(16)14(13-10)9-5-3-2-4-8(9)12/h2-6,13H,1H3. The summed E-state index contributed by atoms with van der Waals surface area (Å²) < 4.78 is 5.99. The number of esters is 1. The largest absolute Gasteiger partial charge is 0.408 e. The lowest BCUT2D eigenvalue weighted by Gasteiger charge is -2.03. The summed E-state index contributed by atoms with van der Waals surface area (Å²) in [4.78, 5) is 22.4. The van der Waals surface area contributed by atoms with E-state index in [1.165, 1.54) is 17.7 Å². The number of carbonyl (C=O) groups is 1. The third-order valence-corrected chi connectivity index (χ3v) is 2.36. The molecule has 1 aromatic heterocycles. The maximum atomic E-state index is 11.7. The van der Waals surface area contributed by atoms with Crippen molar-refractivity contribution in [1.29, 1.82) is 0 Å². The van der Waals surface area contributed by atoms with Crippen LogP contribution in [0.25, 0.3) is 5.69 Å². The molecule has 0 saturated heterocycles.